The second-order valence-corrected chi connectivity index (χ2v) is 7.33. The van der Waals surface area contributed by atoms with E-state index in [1.54, 1.807) is 0 Å². The predicted molar refractivity (Wildman–Crippen MR) is 103 cm³/mol. The molecule has 1 aromatic carbocycles. The van der Waals surface area contributed by atoms with Crippen molar-refractivity contribution in [2.45, 2.75) is 32.3 Å². The van der Waals surface area contributed by atoms with Gasteiger partial charge in [0.15, 0.2) is 0 Å². The molecular formula is C20H26N2O2S. The quantitative estimate of drug-likeness (QED) is 0.697. The number of amides is 1. The summed E-state index contributed by atoms with van der Waals surface area (Å²) in [6.45, 7) is 5.96. The molecule has 1 amide bonds. The SMILES string of the molecule is CCN(CCCCNC(=O)c1cccs1)CC1Cc2ccccc2O1. The number of carbonyl (C=O) groups excluding carboxylic acids is 1. The van der Waals surface area contributed by atoms with Crippen molar-refractivity contribution in [2.24, 2.45) is 0 Å². The lowest BCUT2D eigenvalue weighted by molar-refractivity contribution is 0.0956. The summed E-state index contributed by atoms with van der Waals surface area (Å²) in [5, 5.41) is 4.92. The van der Waals surface area contributed by atoms with Gasteiger partial charge in [0.25, 0.3) is 5.91 Å². The number of fused-ring (bicyclic) bond motifs is 1. The lowest BCUT2D eigenvalue weighted by Crippen LogP contribution is -2.35. The summed E-state index contributed by atoms with van der Waals surface area (Å²) < 4.78 is 6.04. The molecule has 0 aliphatic carbocycles. The Hall–Kier alpha value is -1.85. The minimum absolute atomic E-state index is 0.0412. The first-order valence-electron chi connectivity index (χ1n) is 9.05. The van der Waals surface area contributed by atoms with Crippen molar-refractivity contribution < 1.29 is 9.53 Å². The number of carbonyl (C=O) groups is 1. The number of nitrogens with zero attached hydrogens (tertiary/aromatic N) is 1. The highest BCUT2D eigenvalue weighted by molar-refractivity contribution is 7.12. The van der Waals surface area contributed by atoms with E-state index in [9.17, 15) is 4.79 Å². The fourth-order valence-corrected chi connectivity index (χ4v) is 3.82. The standard InChI is InChI=1S/C20H26N2O2S/c1-2-22(15-17-14-16-8-3-4-9-18(16)24-17)12-6-5-11-21-20(23)19-10-7-13-25-19/h3-4,7-10,13,17H,2,5-6,11-12,14-15H2,1H3,(H,21,23). The second-order valence-electron chi connectivity index (χ2n) is 6.39. The highest BCUT2D eigenvalue weighted by Crippen LogP contribution is 2.28. The van der Waals surface area contributed by atoms with Gasteiger partial charge in [0.05, 0.1) is 4.88 Å². The summed E-state index contributed by atoms with van der Waals surface area (Å²) in [7, 11) is 0. The average Bonchev–Trinajstić information content (AvgIpc) is 3.29. The van der Waals surface area contributed by atoms with E-state index >= 15 is 0 Å². The number of ether oxygens (including phenoxy) is 1. The van der Waals surface area contributed by atoms with Crippen molar-refractivity contribution in [2.75, 3.05) is 26.2 Å². The van der Waals surface area contributed by atoms with Gasteiger partial charge in [0, 0.05) is 19.5 Å². The number of likely N-dealkylation sites (N-methyl/N-ethyl adjacent to an activating group) is 1. The number of benzene rings is 1. The molecule has 0 fully saturated rings. The molecule has 0 bridgehead atoms. The predicted octanol–water partition coefficient (Wildman–Crippen LogP) is 3.58. The molecule has 5 heteroatoms. The molecule has 1 aromatic heterocycles. The van der Waals surface area contributed by atoms with Gasteiger partial charge in [-0.1, -0.05) is 31.2 Å². The minimum atomic E-state index is 0.0412. The zero-order chi connectivity index (χ0) is 17.5. The Balaban J connectivity index is 1.32. The fraction of sp³-hybridized carbons (Fsp3) is 0.450. The Morgan fingerprint density at radius 1 is 1.28 bits per heavy atom. The van der Waals surface area contributed by atoms with E-state index in [2.05, 4.69) is 35.3 Å². The maximum absolute atomic E-state index is 11.9. The molecule has 4 nitrogen and oxygen atoms in total. The van der Waals surface area contributed by atoms with Gasteiger partial charge in [0.1, 0.15) is 11.9 Å². The molecule has 134 valence electrons. The van der Waals surface area contributed by atoms with Crippen molar-refractivity contribution in [3.63, 3.8) is 0 Å². The largest absolute Gasteiger partial charge is 0.488 e. The molecule has 3 rings (SSSR count). The molecule has 1 aliphatic rings. The van der Waals surface area contributed by atoms with E-state index < -0.39 is 0 Å². The third-order valence-corrected chi connectivity index (χ3v) is 5.42. The third-order valence-electron chi connectivity index (χ3n) is 4.55. The van der Waals surface area contributed by atoms with Crippen LogP contribution in [0.2, 0.25) is 0 Å². The van der Waals surface area contributed by atoms with Crippen molar-refractivity contribution in [1.29, 1.82) is 0 Å². The number of para-hydroxylation sites is 1. The van der Waals surface area contributed by atoms with Crippen molar-refractivity contribution in [3.8, 4) is 5.75 Å². The van der Waals surface area contributed by atoms with Crippen molar-refractivity contribution in [1.82, 2.24) is 10.2 Å². The van der Waals surface area contributed by atoms with Crippen molar-refractivity contribution >= 4 is 17.2 Å². The number of rotatable bonds is 9. The summed E-state index contributed by atoms with van der Waals surface area (Å²) >= 11 is 1.48. The fourth-order valence-electron chi connectivity index (χ4n) is 3.18. The van der Waals surface area contributed by atoms with Crippen LogP contribution in [0.5, 0.6) is 5.75 Å². The molecule has 0 saturated heterocycles. The number of nitrogens with one attached hydrogen (secondary N) is 1. The molecule has 0 saturated carbocycles. The maximum Gasteiger partial charge on any atom is 0.261 e. The van der Waals surface area contributed by atoms with Crippen LogP contribution in [-0.2, 0) is 6.42 Å². The first kappa shape index (κ1) is 18.0. The van der Waals surface area contributed by atoms with E-state index in [4.69, 9.17) is 4.74 Å². The van der Waals surface area contributed by atoms with Gasteiger partial charge < -0.3 is 10.1 Å². The Labute approximate surface area is 153 Å². The van der Waals surface area contributed by atoms with Crippen LogP contribution in [0.1, 0.15) is 35.0 Å². The molecule has 0 radical (unpaired) electrons. The lowest BCUT2D eigenvalue weighted by Gasteiger charge is -2.23. The molecule has 25 heavy (non-hydrogen) atoms. The summed E-state index contributed by atoms with van der Waals surface area (Å²) in [4.78, 5) is 15.1. The van der Waals surface area contributed by atoms with E-state index in [1.807, 2.05) is 23.6 Å². The number of hydrogen-bond donors (Lipinski definition) is 1. The first-order chi connectivity index (χ1) is 12.3. The molecular weight excluding hydrogens is 332 g/mol. The molecule has 1 atom stereocenters. The van der Waals surface area contributed by atoms with Crippen LogP contribution < -0.4 is 10.1 Å². The van der Waals surface area contributed by atoms with Crippen LogP contribution in [-0.4, -0.2) is 43.1 Å². The van der Waals surface area contributed by atoms with Crippen LogP contribution in [0, 0.1) is 0 Å². The third kappa shape index (κ3) is 5.06. The van der Waals surface area contributed by atoms with Gasteiger partial charge in [-0.2, -0.15) is 0 Å². The molecule has 1 unspecified atom stereocenters. The molecule has 1 aliphatic heterocycles. The average molecular weight is 359 g/mol. The van der Waals surface area contributed by atoms with Gasteiger partial charge in [-0.05, 0) is 49.0 Å². The first-order valence-corrected chi connectivity index (χ1v) is 9.93. The molecule has 1 N–H and O–H groups in total. The zero-order valence-electron chi connectivity index (χ0n) is 14.7. The highest BCUT2D eigenvalue weighted by Gasteiger charge is 2.23. The van der Waals surface area contributed by atoms with Gasteiger partial charge >= 0.3 is 0 Å². The summed E-state index contributed by atoms with van der Waals surface area (Å²) in [6, 6.07) is 12.1. The Morgan fingerprint density at radius 3 is 2.92 bits per heavy atom. The summed E-state index contributed by atoms with van der Waals surface area (Å²) in [5.74, 6) is 1.08. The van der Waals surface area contributed by atoms with E-state index in [0.717, 1.165) is 56.1 Å². The number of thiophene rings is 1. The van der Waals surface area contributed by atoms with Crippen LogP contribution in [0.4, 0.5) is 0 Å². The van der Waals surface area contributed by atoms with E-state index in [0.29, 0.717) is 0 Å². The Bertz CT molecular complexity index is 647. The van der Waals surface area contributed by atoms with Crippen LogP contribution >= 0.6 is 11.3 Å². The minimum Gasteiger partial charge on any atom is -0.488 e. The van der Waals surface area contributed by atoms with E-state index in [-0.39, 0.29) is 12.0 Å². The monoisotopic (exact) mass is 358 g/mol. The zero-order valence-corrected chi connectivity index (χ0v) is 15.6. The van der Waals surface area contributed by atoms with Crippen LogP contribution in [0.15, 0.2) is 41.8 Å². The Kier molecular flexibility index (Phi) is 6.48. The van der Waals surface area contributed by atoms with Gasteiger partial charge in [0.2, 0.25) is 0 Å². The lowest BCUT2D eigenvalue weighted by atomic mass is 10.1. The highest BCUT2D eigenvalue weighted by atomic mass is 32.1. The van der Waals surface area contributed by atoms with Crippen LogP contribution in [0.3, 0.4) is 0 Å². The number of hydrogen-bond acceptors (Lipinski definition) is 4. The molecule has 2 aromatic rings. The normalized spacial score (nSPS) is 15.8. The van der Waals surface area contributed by atoms with Gasteiger partial charge in [-0.15, -0.1) is 11.3 Å². The van der Waals surface area contributed by atoms with Gasteiger partial charge in [-0.25, -0.2) is 0 Å². The number of unbranched alkanes of at least 4 members (excludes halogenated alkanes) is 1. The van der Waals surface area contributed by atoms with Gasteiger partial charge in [-0.3, -0.25) is 9.69 Å². The van der Waals surface area contributed by atoms with Crippen molar-refractivity contribution in [3.05, 3.63) is 52.2 Å². The summed E-state index contributed by atoms with van der Waals surface area (Å²) in [6.07, 6.45) is 3.34. The molecule has 0 spiro atoms. The topological polar surface area (TPSA) is 41.6 Å². The molecule has 2 heterocycles. The van der Waals surface area contributed by atoms with E-state index in [1.165, 1.54) is 16.9 Å². The second kappa shape index (κ2) is 9.02. The van der Waals surface area contributed by atoms with Crippen LogP contribution in [0.25, 0.3) is 0 Å². The smallest absolute Gasteiger partial charge is 0.261 e. The Morgan fingerprint density at radius 2 is 2.16 bits per heavy atom. The summed E-state index contributed by atoms with van der Waals surface area (Å²) in [5.41, 5.74) is 1.32. The maximum atomic E-state index is 11.9.